The molecule has 2 atom stereocenters. The van der Waals surface area contributed by atoms with Gasteiger partial charge in [0.2, 0.25) is 0 Å². The second-order valence-electron chi connectivity index (χ2n) is 6.97. The largest absolute Gasteiger partial charge is 0.508 e. The lowest BCUT2D eigenvalue weighted by Crippen LogP contribution is -2.28. The van der Waals surface area contributed by atoms with Gasteiger partial charge in [0.25, 0.3) is 0 Å². The third-order valence-electron chi connectivity index (χ3n) is 3.42. The molecule has 2 aliphatic rings. The van der Waals surface area contributed by atoms with E-state index in [1.165, 1.54) is 0 Å². The average molecular weight is 272 g/mol. The van der Waals surface area contributed by atoms with Crippen LogP contribution < -0.4 is 0 Å². The minimum Gasteiger partial charge on any atom is -0.431 e. The number of carbonyl (C=O) groups excluding carboxylic acids is 1. The summed E-state index contributed by atoms with van der Waals surface area (Å²) in [6.07, 6.45) is 1.45. The summed E-state index contributed by atoms with van der Waals surface area (Å²) in [5.41, 5.74) is -0.832. The van der Waals surface area contributed by atoms with E-state index in [-0.39, 0.29) is 17.8 Å². The maximum absolute atomic E-state index is 11.5. The molecule has 19 heavy (non-hydrogen) atoms. The molecule has 0 aromatic heterocycles. The van der Waals surface area contributed by atoms with E-state index >= 15 is 0 Å². The van der Waals surface area contributed by atoms with Crippen LogP contribution in [-0.4, -0.2) is 42.3 Å². The van der Waals surface area contributed by atoms with Crippen LogP contribution in [0.2, 0.25) is 0 Å². The van der Waals surface area contributed by atoms with E-state index < -0.39 is 11.8 Å². The van der Waals surface area contributed by atoms with Crippen LogP contribution in [0, 0.1) is 0 Å². The molecular formula is C14H24O5. The van der Waals surface area contributed by atoms with Gasteiger partial charge in [0.15, 0.2) is 0 Å². The van der Waals surface area contributed by atoms with Gasteiger partial charge in [-0.25, -0.2) is 4.79 Å². The summed E-state index contributed by atoms with van der Waals surface area (Å²) in [6.45, 7) is 10.5. The molecule has 0 aromatic rings. The molecule has 2 fully saturated rings. The summed E-state index contributed by atoms with van der Waals surface area (Å²) in [5.74, 6) is 0. The van der Waals surface area contributed by atoms with Crippen LogP contribution in [0.3, 0.4) is 0 Å². The Morgan fingerprint density at radius 2 is 1.95 bits per heavy atom. The first kappa shape index (κ1) is 14.6. The van der Waals surface area contributed by atoms with Gasteiger partial charge in [-0.15, -0.1) is 0 Å². The molecule has 0 aliphatic carbocycles. The van der Waals surface area contributed by atoms with E-state index in [1.54, 1.807) is 0 Å². The summed E-state index contributed by atoms with van der Waals surface area (Å²) in [5, 5.41) is 0. The second kappa shape index (κ2) is 4.63. The van der Waals surface area contributed by atoms with E-state index in [9.17, 15) is 4.79 Å². The first-order chi connectivity index (χ1) is 8.62. The Bertz CT molecular complexity index is 351. The van der Waals surface area contributed by atoms with Gasteiger partial charge in [-0.05, 0) is 47.5 Å². The normalized spacial score (nSPS) is 31.7. The van der Waals surface area contributed by atoms with E-state index in [0.29, 0.717) is 12.7 Å². The Morgan fingerprint density at radius 1 is 1.37 bits per heavy atom. The van der Waals surface area contributed by atoms with Gasteiger partial charge in [0.05, 0.1) is 18.3 Å². The molecule has 0 spiro atoms. The van der Waals surface area contributed by atoms with Crippen LogP contribution >= 0.6 is 0 Å². The number of hydrogen-bond donors (Lipinski definition) is 0. The lowest BCUT2D eigenvalue weighted by Gasteiger charge is -2.20. The zero-order valence-corrected chi connectivity index (χ0v) is 12.4. The topological polar surface area (TPSA) is 60.6 Å². The molecule has 0 N–H and O–H groups in total. The molecule has 0 saturated carbocycles. The molecule has 5 heteroatoms. The lowest BCUT2D eigenvalue weighted by atomic mass is 9.99. The van der Waals surface area contributed by atoms with Crippen LogP contribution in [0.4, 0.5) is 4.79 Å². The van der Waals surface area contributed by atoms with Crippen LogP contribution in [0.1, 0.15) is 47.5 Å². The number of ether oxygens (including phenoxy) is 4. The quantitative estimate of drug-likeness (QED) is 0.569. The van der Waals surface area contributed by atoms with Crippen molar-refractivity contribution in [2.75, 3.05) is 13.2 Å². The Balaban J connectivity index is 1.66. The third-order valence-corrected chi connectivity index (χ3v) is 3.42. The molecule has 0 amide bonds. The predicted molar refractivity (Wildman–Crippen MR) is 69.1 cm³/mol. The zero-order chi connectivity index (χ0) is 14.3. The van der Waals surface area contributed by atoms with Crippen LogP contribution in [0.15, 0.2) is 0 Å². The van der Waals surface area contributed by atoms with Gasteiger partial charge < -0.3 is 18.9 Å². The SMILES string of the molecule is CC(C)(C)OC(=O)OC[C@@]1(CC[C@H]2OC2(C)C)CO1. The molecule has 2 rings (SSSR count). The fourth-order valence-electron chi connectivity index (χ4n) is 2.01. The van der Waals surface area contributed by atoms with Gasteiger partial charge in [-0.3, -0.25) is 0 Å². The van der Waals surface area contributed by atoms with Crippen molar-refractivity contribution in [2.45, 2.75) is 70.4 Å². The molecule has 0 radical (unpaired) electrons. The van der Waals surface area contributed by atoms with Crippen LogP contribution in [-0.2, 0) is 18.9 Å². The van der Waals surface area contributed by atoms with Crippen molar-refractivity contribution in [3.05, 3.63) is 0 Å². The standard InChI is InChI=1S/C14H24O5/c1-12(2,3)19-11(15)16-8-14(9-17-14)7-6-10-13(4,5)18-10/h10H,6-9H2,1-5H3/t10-,14+/m1/s1. The first-order valence-corrected chi connectivity index (χ1v) is 6.80. The summed E-state index contributed by atoms with van der Waals surface area (Å²) >= 11 is 0. The maximum Gasteiger partial charge on any atom is 0.508 e. The summed E-state index contributed by atoms with van der Waals surface area (Å²) < 4.78 is 21.2. The zero-order valence-electron chi connectivity index (χ0n) is 12.4. The summed E-state index contributed by atoms with van der Waals surface area (Å²) in [4.78, 5) is 11.5. The molecule has 0 bridgehead atoms. The van der Waals surface area contributed by atoms with Gasteiger partial charge >= 0.3 is 6.16 Å². The van der Waals surface area contributed by atoms with Crippen molar-refractivity contribution in [1.82, 2.24) is 0 Å². The highest BCUT2D eigenvalue weighted by Gasteiger charge is 2.52. The average Bonchev–Trinajstić information content (AvgIpc) is 3.10. The van der Waals surface area contributed by atoms with Crippen LogP contribution in [0.5, 0.6) is 0 Å². The van der Waals surface area contributed by atoms with Gasteiger partial charge in [-0.2, -0.15) is 0 Å². The molecule has 0 aromatic carbocycles. The third kappa shape index (κ3) is 4.35. The van der Waals surface area contributed by atoms with E-state index in [1.807, 2.05) is 20.8 Å². The highest BCUT2D eigenvalue weighted by molar-refractivity contribution is 5.60. The lowest BCUT2D eigenvalue weighted by molar-refractivity contribution is -0.0171. The van der Waals surface area contributed by atoms with Gasteiger partial charge in [0.1, 0.15) is 17.8 Å². The molecule has 0 unspecified atom stereocenters. The fourth-order valence-corrected chi connectivity index (χ4v) is 2.01. The number of epoxide rings is 2. The first-order valence-electron chi connectivity index (χ1n) is 6.80. The Labute approximate surface area is 114 Å². The molecule has 2 aliphatic heterocycles. The fraction of sp³-hybridized carbons (Fsp3) is 0.929. The molecule has 2 heterocycles. The number of hydrogen-bond acceptors (Lipinski definition) is 5. The van der Waals surface area contributed by atoms with Crippen molar-refractivity contribution in [3.63, 3.8) is 0 Å². The Kier molecular flexibility index (Phi) is 3.56. The monoisotopic (exact) mass is 272 g/mol. The van der Waals surface area contributed by atoms with E-state index in [0.717, 1.165) is 12.8 Å². The molecular weight excluding hydrogens is 248 g/mol. The van der Waals surface area contributed by atoms with E-state index in [2.05, 4.69) is 13.8 Å². The smallest absolute Gasteiger partial charge is 0.431 e. The van der Waals surface area contributed by atoms with Gasteiger partial charge in [-0.1, -0.05) is 0 Å². The van der Waals surface area contributed by atoms with Crippen molar-refractivity contribution < 1.29 is 23.7 Å². The minimum atomic E-state index is -0.634. The highest BCUT2D eigenvalue weighted by Crippen LogP contribution is 2.42. The van der Waals surface area contributed by atoms with Crippen molar-refractivity contribution >= 4 is 6.16 Å². The van der Waals surface area contributed by atoms with Crippen molar-refractivity contribution in [2.24, 2.45) is 0 Å². The van der Waals surface area contributed by atoms with Crippen molar-refractivity contribution in [3.8, 4) is 0 Å². The van der Waals surface area contributed by atoms with E-state index in [4.69, 9.17) is 18.9 Å². The Morgan fingerprint density at radius 3 is 2.37 bits per heavy atom. The highest BCUT2D eigenvalue weighted by atomic mass is 16.7. The number of carbonyl (C=O) groups is 1. The predicted octanol–water partition coefficient (Wildman–Crippen LogP) is 2.66. The number of rotatable bonds is 5. The molecule has 110 valence electrons. The summed E-state index contributed by atoms with van der Waals surface area (Å²) in [6, 6.07) is 0. The molecule has 5 nitrogen and oxygen atoms in total. The Hall–Kier alpha value is -0.810. The van der Waals surface area contributed by atoms with Crippen molar-refractivity contribution in [1.29, 1.82) is 0 Å². The van der Waals surface area contributed by atoms with Gasteiger partial charge in [0, 0.05) is 0 Å². The maximum atomic E-state index is 11.5. The minimum absolute atomic E-state index is 0.00209. The summed E-state index contributed by atoms with van der Waals surface area (Å²) in [7, 11) is 0. The molecule has 2 saturated heterocycles. The second-order valence-corrected chi connectivity index (χ2v) is 6.97. The van der Waals surface area contributed by atoms with Crippen LogP contribution in [0.25, 0.3) is 0 Å².